The molecule has 0 saturated carbocycles. The van der Waals surface area contributed by atoms with Crippen molar-refractivity contribution in [3.8, 4) is 0 Å². The SMILES string of the molecule is COCC1(N(C)CCC[C@](C)(CCC(=O)C(C)C=O)OC)CCN(C(=O)CNC(C)C)CC1. The van der Waals surface area contributed by atoms with Crippen molar-refractivity contribution in [2.24, 2.45) is 5.92 Å². The first-order valence-electron chi connectivity index (χ1n) is 12.3. The van der Waals surface area contributed by atoms with E-state index in [9.17, 15) is 14.4 Å². The second kappa shape index (κ2) is 14.1. The summed E-state index contributed by atoms with van der Waals surface area (Å²) in [5, 5.41) is 3.21. The molecule has 2 atom stereocenters. The fourth-order valence-electron chi connectivity index (χ4n) is 4.43. The van der Waals surface area contributed by atoms with Gasteiger partial charge in [-0.05, 0) is 59.5 Å². The summed E-state index contributed by atoms with van der Waals surface area (Å²) in [6, 6.07) is 0.293. The molecular weight excluding hydrogens is 422 g/mol. The monoisotopic (exact) mass is 469 g/mol. The molecule has 0 aromatic heterocycles. The zero-order valence-corrected chi connectivity index (χ0v) is 21.9. The van der Waals surface area contributed by atoms with Crippen molar-refractivity contribution in [2.45, 2.75) is 83.4 Å². The molecule has 1 aliphatic heterocycles. The average Bonchev–Trinajstić information content (AvgIpc) is 2.80. The van der Waals surface area contributed by atoms with Crippen molar-refractivity contribution in [1.82, 2.24) is 15.1 Å². The van der Waals surface area contributed by atoms with Gasteiger partial charge in [0.1, 0.15) is 12.1 Å². The van der Waals surface area contributed by atoms with Crippen molar-refractivity contribution in [2.75, 3.05) is 54.1 Å². The van der Waals surface area contributed by atoms with Crippen LogP contribution in [0.15, 0.2) is 0 Å². The van der Waals surface area contributed by atoms with E-state index < -0.39 is 11.5 Å². The standard InChI is InChI=1S/C25H47N3O5/c1-20(2)26-17-23(31)28-15-12-25(13-16-28,19-32-6)27(5)14-8-10-24(4,33-7)11-9-22(30)21(3)18-29/h18,20-21,26H,8-17,19H2,1-7H3/t21?,24-/m1/s1. The molecule has 8 nitrogen and oxygen atoms in total. The minimum absolute atomic E-state index is 0.0330. The lowest BCUT2D eigenvalue weighted by Crippen LogP contribution is -2.58. The predicted octanol–water partition coefficient (Wildman–Crippen LogP) is 2.29. The molecule has 8 heteroatoms. The molecule has 0 aromatic rings. The normalized spacial score (nSPS) is 18.9. The van der Waals surface area contributed by atoms with Gasteiger partial charge in [0.05, 0.1) is 24.7 Å². The summed E-state index contributed by atoms with van der Waals surface area (Å²) in [5.41, 5.74) is -0.484. The van der Waals surface area contributed by atoms with Crippen LogP contribution < -0.4 is 5.32 Å². The van der Waals surface area contributed by atoms with Crippen molar-refractivity contribution in [3.63, 3.8) is 0 Å². The molecule has 192 valence electrons. The third-order valence-electron chi connectivity index (χ3n) is 7.24. The van der Waals surface area contributed by atoms with Crippen LogP contribution in [0.2, 0.25) is 0 Å². The summed E-state index contributed by atoms with van der Waals surface area (Å²) in [6.07, 6.45) is 5.17. The van der Waals surface area contributed by atoms with Crippen LogP contribution in [0.25, 0.3) is 0 Å². The molecule has 1 unspecified atom stereocenters. The van der Waals surface area contributed by atoms with Crippen molar-refractivity contribution >= 4 is 18.0 Å². The highest BCUT2D eigenvalue weighted by molar-refractivity contribution is 5.92. The van der Waals surface area contributed by atoms with Gasteiger partial charge in [0, 0.05) is 45.3 Å². The van der Waals surface area contributed by atoms with Gasteiger partial charge in [-0.25, -0.2) is 0 Å². The summed E-state index contributed by atoms with van der Waals surface area (Å²) in [7, 11) is 5.56. The summed E-state index contributed by atoms with van der Waals surface area (Å²) in [4.78, 5) is 39.7. The molecule has 1 fully saturated rings. The minimum atomic E-state index is -0.551. The zero-order valence-electron chi connectivity index (χ0n) is 21.9. The topological polar surface area (TPSA) is 88.2 Å². The maximum absolute atomic E-state index is 12.5. The molecular formula is C25H47N3O5. The van der Waals surface area contributed by atoms with Gasteiger partial charge < -0.3 is 24.5 Å². The molecule has 1 heterocycles. The molecule has 1 amide bonds. The molecule has 0 spiro atoms. The van der Waals surface area contributed by atoms with Crippen molar-refractivity contribution < 1.29 is 23.9 Å². The van der Waals surface area contributed by atoms with E-state index in [1.165, 1.54) is 0 Å². The van der Waals surface area contributed by atoms with Crippen LogP contribution in [0, 0.1) is 5.92 Å². The lowest BCUT2D eigenvalue weighted by Gasteiger charge is -2.47. The molecule has 1 N–H and O–H groups in total. The van der Waals surface area contributed by atoms with E-state index in [0.29, 0.717) is 38.3 Å². The van der Waals surface area contributed by atoms with E-state index in [-0.39, 0.29) is 17.2 Å². The number of likely N-dealkylation sites (N-methyl/N-ethyl adjacent to an activating group) is 1. The maximum Gasteiger partial charge on any atom is 0.236 e. The van der Waals surface area contributed by atoms with Gasteiger partial charge in [-0.15, -0.1) is 0 Å². The molecule has 1 saturated heterocycles. The first-order valence-corrected chi connectivity index (χ1v) is 12.3. The second-order valence-electron chi connectivity index (χ2n) is 10.1. The second-order valence-corrected chi connectivity index (χ2v) is 10.1. The van der Waals surface area contributed by atoms with E-state index in [0.717, 1.165) is 45.3 Å². The van der Waals surface area contributed by atoms with Crippen LogP contribution in [0.4, 0.5) is 0 Å². The summed E-state index contributed by atoms with van der Waals surface area (Å²) in [6.45, 7) is 11.1. The van der Waals surface area contributed by atoms with Gasteiger partial charge in [-0.2, -0.15) is 0 Å². The fourth-order valence-corrected chi connectivity index (χ4v) is 4.43. The Kier molecular flexibility index (Phi) is 12.7. The van der Waals surface area contributed by atoms with Crippen LogP contribution in [-0.4, -0.2) is 99.0 Å². The van der Waals surface area contributed by atoms with E-state index in [1.807, 2.05) is 25.7 Å². The maximum atomic E-state index is 12.5. The van der Waals surface area contributed by atoms with Gasteiger partial charge >= 0.3 is 0 Å². The van der Waals surface area contributed by atoms with Crippen LogP contribution >= 0.6 is 0 Å². The summed E-state index contributed by atoms with van der Waals surface area (Å²) in [5.74, 6) is -0.425. The number of aldehydes is 1. The smallest absolute Gasteiger partial charge is 0.236 e. The zero-order chi connectivity index (χ0) is 25.1. The number of piperidine rings is 1. The van der Waals surface area contributed by atoms with Crippen LogP contribution in [0.3, 0.4) is 0 Å². The van der Waals surface area contributed by atoms with Crippen LogP contribution in [-0.2, 0) is 23.9 Å². The number of nitrogens with one attached hydrogen (secondary N) is 1. The Morgan fingerprint density at radius 1 is 1.18 bits per heavy atom. The summed E-state index contributed by atoms with van der Waals surface area (Å²) >= 11 is 0. The minimum Gasteiger partial charge on any atom is -0.383 e. The van der Waals surface area contributed by atoms with Gasteiger partial charge in [0.15, 0.2) is 0 Å². The Morgan fingerprint density at radius 3 is 2.33 bits per heavy atom. The number of methoxy groups -OCH3 is 2. The number of nitrogens with zero attached hydrogens (tertiary/aromatic N) is 2. The van der Waals surface area contributed by atoms with Crippen molar-refractivity contribution in [3.05, 3.63) is 0 Å². The molecule has 1 rings (SSSR count). The van der Waals surface area contributed by atoms with Crippen molar-refractivity contribution in [1.29, 1.82) is 0 Å². The third kappa shape index (κ3) is 9.43. The third-order valence-corrected chi connectivity index (χ3v) is 7.24. The highest BCUT2D eigenvalue weighted by atomic mass is 16.5. The Bertz CT molecular complexity index is 619. The van der Waals surface area contributed by atoms with E-state index in [4.69, 9.17) is 9.47 Å². The lowest BCUT2D eigenvalue weighted by atomic mass is 9.85. The average molecular weight is 470 g/mol. The summed E-state index contributed by atoms with van der Waals surface area (Å²) < 4.78 is 11.3. The molecule has 1 aliphatic rings. The molecule has 0 aromatic carbocycles. The number of amides is 1. The number of carbonyl (C=O) groups is 3. The number of ether oxygens (including phenoxy) is 2. The first kappa shape index (κ1) is 29.7. The Labute approximate surface area is 200 Å². The van der Waals surface area contributed by atoms with Gasteiger partial charge in [-0.1, -0.05) is 13.8 Å². The molecule has 0 bridgehead atoms. The van der Waals surface area contributed by atoms with Gasteiger partial charge in [0.2, 0.25) is 5.91 Å². The number of likely N-dealkylation sites (tertiary alicyclic amines) is 1. The number of Topliss-reactive ketones (excluding diaryl/α,β-unsaturated/α-hetero) is 1. The van der Waals surface area contributed by atoms with E-state index in [2.05, 4.69) is 17.3 Å². The highest BCUT2D eigenvalue weighted by Crippen LogP contribution is 2.30. The number of hydrogen-bond donors (Lipinski definition) is 1. The largest absolute Gasteiger partial charge is 0.383 e. The number of hydrogen-bond acceptors (Lipinski definition) is 7. The van der Waals surface area contributed by atoms with Crippen LogP contribution in [0.1, 0.15) is 66.2 Å². The fraction of sp³-hybridized carbons (Fsp3) is 0.880. The Balaban J connectivity index is 2.60. The number of carbonyl (C=O) groups excluding carboxylic acids is 3. The number of rotatable bonds is 16. The Hall–Kier alpha value is -1.35. The molecule has 0 aliphatic carbocycles. The number of ketones is 1. The lowest BCUT2D eigenvalue weighted by molar-refractivity contribution is -0.134. The van der Waals surface area contributed by atoms with Crippen LogP contribution in [0.5, 0.6) is 0 Å². The van der Waals surface area contributed by atoms with E-state index in [1.54, 1.807) is 21.1 Å². The molecule has 33 heavy (non-hydrogen) atoms. The predicted molar refractivity (Wildman–Crippen MR) is 130 cm³/mol. The Morgan fingerprint density at radius 2 is 1.82 bits per heavy atom. The highest BCUT2D eigenvalue weighted by Gasteiger charge is 2.39. The molecule has 0 radical (unpaired) electrons. The first-order chi connectivity index (χ1) is 15.5. The quantitative estimate of drug-likeness (QED) is 0.274. The van der Waals surface area contributed by atoms with Gasteiger partial charge in [0.25, 0.3) is 0 Å². The van der Waals surface area contributed by atoms with E-state index >= 15 is 0 Å². The van der Waals surface area contributed by atoms with Gasteiger partial charge in [-0.3, -0.25) is 14.5 Å².